The van der Waals surface area contributed by atoms with Crippen molar-refractivity contribution >= 4 is 6.29 Å². The monoisotopic (exact) mass is 246 g/mol. The molecule has 0 atom stereocenters. The minimum atomic E-state index is 0.114. The zero-order valence-electron chi connectivity index (χ0n) is 12.8. The number of hydrogen-bond acceptors (Lipinski definition) is 1. The van der Waals surface area contributed by atoms with Gasteiger partial charge in [-0.1, -0.05) is 53.7 Å². The summed E-state index contributed by atoms with van der Waals surface area (Å²) < 4.78 is 0. The summed E-state index contributed by atoms with van der Waals surface area (Å²) >= 11 is 0. The maximum atomic E-state index is 10.8. The summed E-state index contributed by atoms with van der Waals surface area (Å²) in [4.78, 5) is 10.8. The van der Waals surface area contributed by atoms with E-state index in [-0.39, 0.29) is 10.8 Å². The molecule has 0 saturated heterocycles. The maximum absolute atomic E-state index is 10.8. The molecule has 0 N–H and O–H groups in total. The number of benzene rings is 1. The Balaban J connectivity index is 3.53. The molecule has 0 spiro atoms. The molecule has 0 aliphatic heterocycles. The lowest BCUT2D eigenvalue weighted by Gasteiger charge is -2.29. The first-order valence-corrected chi connectivity index (χ1v) is 6.65. The average Bonchev–Trinajstić information content (AvgIpc) is 2.17. The van der Waals surface area contributed by atoms with Crippen LogP contribution in [0.25, 0.3) is 0 Å². The lowest BCUT2D eigenvalue weighted by atomic mass is 9.75. The Kier molecular flexibility index (Phi) is 4.05. The predicted octanol–water partition coefficient (Wildman–Crippen LogP) is 4.33. The van der Waals surface area contributed by atoms with Gasteiger partial charge < -0.3 is 4.79 Å². The first kappa shape index (κ1) is 14.9. The largest absolute Gasteiger partial charge is 0.303 e. The summed E-state index contributed by atoms with van der Waals surface area (Å²) in [5, 5.41) is 0. The molecular formula is C17H26O. The fraction of sp³-hybridized carbons (Fsp3) is 0.588. The minimum absolute atomic E-state index is 0.114. The van der Waals surface area contributed by atoms with Gasteiger partial charge in [-0.15, -0.1) is 0 Å². The Labute approximate surface area is 112 Å². The molecule has 0 heterocycles. The van der Waals surface area contributed by atoms with E-state index >= 15 is 0 Å². The number of carbonyl (C=O) groups is 1. The van der Waals surface area contributed by atoms with Crippen molar-refractivity contribution in [2.75, 3.05) is 0 Å². The van der Waals surface area contributed by atoms with Crippen molar-refractivity contribution < 1.29 is 4.79 Å². The Morgan fingerprint density at radius 2 is 1.33 bits per heavy atom. The molecule has 1 aromatic rings. The van der Waals surface area contributed by atoms with Crippen molar-refractivity contribution in [2.24, 2.45) is 0 Å². The van der Waals surface area contributed by atoms with E-state index in [9.17, 15) is 4.79 Å². The summed E-state index contributed by atoms with van der Waals surface area (Å²) in [5.74, 6) is 0. The zero-order chi connectivity index (χ0) is 14.1. The van der Waals surface area contributed by atoms with Crippen LogP contribution in [-0.2, 0) is 22.0 Å². The third-order valence-electron chi connectivity index (χ3n) is 3.40. The number of hydrogen-bond donors (Lipinski definition) is 0. The Morgan fingerprint density at radius 1 is 0.944 bits per heavy atom. The number of carbonyl (C=O) groups excluding carboxylic acids is 1. The van der Waals surface area contributed by atoms with E-state index < -0.39 is 0 Å². The van der Waals surface area contributed by atoms with Crippen molar-refractivity contribution in [3.8, 4) is 0 Å². The molecule has 0 saturated carbocycles. The van der Waals surface area contributed by atoms with Gasteiger partial charge in [-0.3, -0.25) is 0 Å². The highest BCUT2D eigenvalue weighted by Gasteiger charge is 2.24. The van der Waals surface area contributed by atoms with Crippen molar-refractivity contribution in [3.05, 3.63) is 34.4 Å². The summed E-state index contributed by atoms with van der Waals surface area (Å²) in [6, 6.07) is 4.39. The summed E-state index contributed by atoms with van der Waals surface area (Å²) in [6.07, 6.45) is 1.50. The first-order chi connectivity index (χ1) is 8.07. The van der Waals surface area contributed by atoms with Gasteiger partial charge >= 0.3 is 0 Å². The molecular weight excluding hydrogens is 220 g/mol. The highest BCUT2D eigenvalue weighted by atomic mass is 16.1. The summed E-state index contributed by atoms with van der Waals surface area (Å²) in [5.41, 5.74) is 5.43. The molecule has 1 nitrogen and oxygen atoms in total. The van der Waals surface area contributed by atoms with E-state index in [2.05, 4.69) is 60.6 Å². The summed E-state index contributed by atoms with van der Waals surface area (Å²) in [7, 11) is 0. The van der Waals surface area contributed by atoms with Crippen molar-refractivity contribution in [3.63, 3.8) is 0 Å². The lowest BCUT2D eigenvalue weighted by Crippen LogP contribution is -2.20. The molecule has 100 valence electrons. The van der Waals surface area contributed by atoms with Crippen LogP contribution < -0.4 is 0 Å². The molecule has 1 heteroatoms. The topological polar surface area (TPSA) is 17.1 Å². The average molecular weight is 246 g/mol. The molecule has 0 radical (unpaired) electrons. The van der Waals surface area contributed by atoms with Gasteiger partial charge in [0.05, 0.1) is 0 Å². The fourth-order valence-corrected chi connectivity index (χ4v) is 2.55. The molecule has 0 fully saturated rings. The molecule has 0 amide bonds. The van der Waals surface area contributed by atoms with E-state index in [1.54, 1.807) is 0 Å². The van der Waals surface area contributed by atoms with Crippen LogP contribution in [0, 0.1) is 6.92 Å². The van der Waals surface area contributed by atoms with Crippen molar-refractivity contribution in [1.82, 2.24) is 0 Å². The highest BCUT2D eigenvalue weighted by molar-refractivity contribution is 5.57. The van der Waals surface area contributed by atoms with E-state index in [4.69, 9.17) is 0 Å². The van der Waals surface area contributed by atoms with Crippen LogP contribution in [0.3, 0.4) is 0 Å². The predicted molar refractivity (Wildman–Crippen MR) is 78.3 cm³/mol. The molecule has 0 bridgehead atoms. The van der Waals surface area contributed by atoms with Crippen LogP contribution in [0.4, 0.5) is 0 Å². The van der Waals surface area contributed by atoms with Crippen molar-refractivity contribution in [2.45, 2.75) is 65.7 Å². The van der Waals surface area contributed by atoms with Gasteiger partial charge in [0.25, 0.3) is 0 Å². The Morgan fingerprint density at radius 3 is 1.61 bits per heavy atom. The molecule has 0 aromatic heterocycles. The van der Waals surface area contributed by atoms with E-state index in [1.807, 2.05) is 0 Å². The smallest absolute Gasteiger partial charge is 0.124 e. The lowest BCUT2D eigenvalue weighted by molar-refractivity contribution is -0.107. The molecule has 0 unspecified atom stereocenters. The van der Waals surface area contributed by atoms with E-state index in [1.165, 1.54) is 16.7 Å². The van der Waals surface area contributed by atoms with E-state index in [0.29, 0.717) is 6.42 Å². The summed E-state index contributed by atoms with van der Waals surface area (Å²) in [6.45, 7) is 15.6. The SMILES string of the molecule is Cc1c(C(C)(C)C)cc(CC=O)cc1C(C)(C)C. The van der Waals surface area contributed by atoms with Crippen LogP contribution >= 0.6 is 0 Å². The molecule has 0 aliphatic rings. The van der Waals surface area contributed by atoms with Gasteiger partial charge in [0, 0.05) is 6.42 Å². The third-order valence-corrected chi connectivity index (χ3v) is 3.40. The standard InChI is InChI=1S/C17H26O/c1-12-14(16(2,3)4)10-13(8-9-18)11-15(12)17(5,6)7/h9-11H,8H2,1-7H3. The zero-order valence-corrected chi connectivity index (χ0v) is 12.8. The van der Waals surface area contributed by atoms with Gasteiger partial charge in [0.1, 0.15) is 6.29 Å². The quantitative estimate of drug-likeness (QED) is 0.710. The highest BCUT2D eigenvalue weighted by Crippen LogP contribution is 2.34. The first-order valence-electron chi connectivity index (χ1n) is 6.65. The second kappa shape index (κ2) is 4.87. The number of rotatable bonds is 2. The van der Waals surface area contributed by atoms with Crippen LogP contribution in [-0.4, -0.2) is 6.29 Å². The molecule has 18 heavy (non-hydrogen) atoms. The van der Waals surface area contributed by atoms with Gasteiger partial charge in [0.15, 0.2) is 0 Å². The van der Waals surface area contributed by atoms with E-state index in [0.717, 1.165) is 11.8 Å². The van der Waals surface area contributed by atoms with Crippen LogP contribution in [0.15, 0.2) is 12.1 Å². The second-order valence-corrected chi connectivity index (χ2v) is 7.19. The van der Waals surface area contributed by atoms with Gasteiger partial charge in [-0.25, -0.2) is 0 Å². The number of aldehydes is 1. The normalized spacial score (nSPS) is 12.6. The minimum Gasteiger partial charge on any atom is -0.303 e. The third kappa shape index (κ3) is 3.22. The molecule has 1 aromatic carbocycles. The second-order valence-electron chi connectivity index (χ2n) is 7.19. The van der Waals surface area contributed by atoms with Crippen molar-refractivity contribution in [1.29, 1.82) is 0 Å². The Bertz CT molecular complexity index is 407. The van der Waals surface area contributed by atoms with Crippen LogP contribution in [0.1, 0.15) is 63.8 Å². The van der Waals surface area contributed by atoms with Gasteiger partial charge in [-0.2, -0.15) is 0 Å². The molecule has 1 rings (SSSR count). The van der Waals surface area contributed by atoms with Crippen LogP contribution in [0.2, 0.25) is 0 Å². The fourth-order valence-electron chi connectivity index (χ4n) is 2.55. The van der Waals surface area contributed by atoms with Gasteiger partial charge in [-0.05, 0) is 40.0 Å². The maximum Gasteiger partial charge on any atom is 0.124 e. The molecule has 0 aliphatic carbocycles. The van der Waals surface area contributed by atoms with Gasteiger partial charge in [0.2, 0.25) is 0 Å². The Hall–Kier alpha value is -1.11. The van der Waals surface area contributed by atoms with Crippen LogP contribution in [0.5, 0.6) is 0 Å².